The number of hydrazone groups is 1. The monoisotopic (exact) mass is 498 g/mol. The second-order valence-corrected chi connectivity index (χ2v) is 8.76. The highest BCUT2D eigenvalue weighted by atomic mass is 35.5. The summed E-state index contributed by atoms with van der Waals surface area (Å²) in [4.78, 5) is 18.7. The molecule has 0 aliphatic carbocycles. The van der Waals surface area contributed by atoms with Crippen LogP contribution in [0, 0.1) is 0 Å². The first-order valence-corrected chi connectivity index (χ1v) is 11.4. The highest BCUT2D eigenvalue weighted by Gasteiger charge is 2.29. The molecule has 0 spiro atoms. The molecule has 32 heavy (non-hydrogen) atoms. The molecule has 2 heterocycles. The molecule has 1 aromatic carbocycles. The Hall–Kier alpha value is -2.22. The van der Waals surface area contributed by atoms with Gasteiger partial charge < -0.3 is 14.4 Å². The van der Waals surface area contributed by atoms with E-state index in [1.165, 1.54) is 13.2 Å². The third-order valence-corrected chi connectivity index (χ3v) is 6.25. The Kier molecular flexibility index (Phi) is 8.45. The lowest BCUT2D eigenvalue weighted by Gasteiger charge is -2.39. The van der Waals surface area contributed by atoms with Crippen molar-refractivity contribution in [3.63, 3.8) is 0 Å². The quantitative estimate of drug-likeness (QED) is 0.302. The van der Waals surface area contributed by atoms with Gasteiger partial charge in [0.2, 0.25) is 0 Å². The van der Waals surface area contributed by atoms with E-state index in [1.807, 2.05) is 4.90 Å². The summed E-state index contributed by atoms with van der Waals surface area (Å²) in [6.45, 7) is 4.12. The van der Waals surface area contributed by atoms with E-state index in [0.717, 1.165) is 24.8 Å². The van der Waals surface area contributed by atoms with Gasteiger partial charge in [-0.1, -0.05) is 34.8 Å². The summed E-state index contributed by atoms with van der Waals surface area (Å²) < 4.78 is 11.2. The van der Waals surface area contributed by atoms with E-state index < -0.39 is 0 Å². The predicted molar refractivity (Wildman–Crippen MR) is 129 cm³/mol. The topological polar surface area (TPSA) is 76.0 Å². The number of nitrogens with one attached hydrogen (secondary N) is 1. The van der Waals surface area contributed by atoms with Crippen molar-refractivity contribution >= 4 is 52.7 Å². The number of pyridine rings is 1. The van der Waals surface area contributed by atoms with Crippen LogP contribution in [-0.2, 0) is 4.79 Å². The van der Waals surface area contributed by atoms with Gasteiger partial charge in [0.15, 0.2) is 23.9 Å². The zero-order valence-corrected chi connectivity index (χ0v) is 20.3. The predicted octanol–water partition coefficient (Wildman–Crippen LogP) is 5.66. The summed E-state index contributed by atoms with van der Waals surface area (Å²) in [6, 6.07) is 7.21. The van der Waals surface area contributed by atoms with Crippen molar-refractivity contribution in [1.82, 2.24) is 9.88 Å². The maximum atomic E-state index is 12.7. The number of aromatic nitrogens is 1. The van der Waals surface area contributed by atoms with Crippen LogP contribution in [0.5, 0.6) is 11.5 Å². The summed E-state index contributed by atoms with van der Waals surface area (Å²) in [6.07, 6.45) is 4.75. The van der Waals surface area contributed by atoms with Gasteiger partial charge in [-0.25, -0.2) is 4.98 Å². The smallest absolute Gasteiger partial charge is 0.260 e. The van der Waals surface area contributed by atoms with Gasteiger partial charge in [0.1, 0.15) is 5.15 Å². The highest BCUT2D eigenvalue weighted by molar-refractivity contribution is 6.42. The van der Waals surface area contributed by atoms with Crippen LogP contribution in [0.15, 0.2) is 29.4 Å². The Bertz CT molecular complexity index is 993. The van der Waals surface area contributed by atoms with Gasteiger partial charge in [0.05, 0.1) is 23.4 Å². The number of halogens is 3. The van der Waals surface area contributed by atoms with Gasteiger partial charge in [-0.15, -0.1) is 0 Å². The third-order valence-electron chi connectivity index (χ3n) is 5.29. The number of likely N-dealkylation sites (tertiary alicyclic amines) is 1. The van der Waals surface area contributed by atoms with Gasteiger partial charge in [-0.3, -0.25) is 10.2 Å². The van der Waals surface area contributed by atoms with Gasteiger partial charge >= 0.3 is 0 Å². The normalized spacial score (nSPS) is 18.6. The molecule has 0 bridgehead atoms. The van der Waals surface area contributed by atoms with E-state index in [0.29, 0.717) is 16.5 Å². The van der Waals surface area contributed by atoms with Crippen molar-refractivity contribution < 1.29 is 14.3 Å². The zero-order chi connectivity index (χ0) is 23.3. The van der Waals surface area contributed by atoms with E-state index in [1.54, 1.807) is 24.4 Å². The first-order valence-electron chi connectivity index (χ1n) is 10.2. The number of anilines is 1. The van der Waals surface area contributed by atoms with Crippen LogP contribution in [0.4, 0.5) is 5.82 Å². The lowest BCUT2D eigenvalue weighted by molar-refractivity contribution is -0.139. The van der Waals surface area contributed by atoms with Crippen molar-refractivity contribution in [3.8, 4) is 11.5 Å². The number of hydrogen-bond donors (Lipinski definition) is 1. The molecule has 172 valence electrons. The molecule has 1 amide bonds. The largest absolute Gasteiger partial charge is 0.493 e. The molecule has 1 aliphatic heterocycles. The van der Waals surface area contributed by atoms with Crippen molar-refractivity contribution in [3.05, 3.63) is 45.0 Å². The number of hydrogen-bond acceptors (Lipinski definition) is 6. The van der Waals surface area contributed by atoms with E-state index in [2.05, 4.69) is 29.4 Å². The fourth-order valence-corrected chi connectivity index (χ4v) is 4.24. The van der Waals surface area contributed by atoms with Crippen LogP contribution in [0.1, 0.15) is 38.7 Å². The molecule has 3 rings (SSSR count). The third kappa shape index (κ3) is 5.97. The minimum absolute atomic E-state index is 0.0207. The lowest BCUT2D eigenvalue weighted by Crippen LogP contribution is -2.49. The van der Waals surface area contributed by atoms with Gasteiger partial charge in [0.25, 0.3) is 5.91 Å². The first kappa shape index (κ1) is 24.4. The molecule has 1 aromatic heterocycles. The maximum absolute atomic E-state index is 12.7. The molecule has 2 atom stereocenters. The summed E-state index contributed by atoms with van der Waals surface area (Å²) in [5.74, 6) is 1.24. The molecule has 1 saturated heterocycles. The van der Waals surface area contributed by atoms with Gasteiger partial charge in [-0.05, 0) is 62.9 Å². The molecule has 1 N–H and O–H groups in total. The van der Waals surface area contributed by atoms with Crippen LogP contribution >= 0.6 is 34.8 Å². The minimum atomic E-state index is -0.0402. The Morgan fingerprint density at radius 2 is 1.91 bits per heavy atom. The number of rotatable bonds is 7. The summed E-state index contributed by atoms with van der Waals surface area (Å²) in [7, 11) is 1.54. The van der Waals surface area contributed by atoms with Crippen molar-refractivity contribution in [2.45, 2.75) is 45.2 Å². The Balaban J connectivity index is 1.63. The molecule has 7 nitrogen and oxygen atoms in total. The number of methoxy groups -OCH3 is 1. The molecule has 2 aromatic rings. The van der Waals surface area contributed by atoms with Crippen LogP contribution in [0.25, 0.3) is 0 Å². The number of amides is 1. The molecular formula is C22H25Cl3N4O3. The van der Waals surface area contributed by atoms with E-state index >= 15 is 0 Å². The first-order chi connectivity index (χ1) is 15.3. The molecule has 2 unspecified atom stereocenters. The van der Waals surface area contributed by atoms with Crippen molar-refractivity contribution in [1.29, 1.82) is 0 Å². The van der Waals surface area contributed by atoms with Crippen molar-refractivity contribution in [2.75, 3.05) is 19.1 Å². The fourth-order valence-electron chi connectivity index (χ4n) is 3.70. The molecule has 0 radical (unpaired) electrons. The molecule has 10 heteroatoms. The Labute approximate surface area is 202 Å². The van der Waals surface area contributed by atoms with E-state index in [-0.39, 0.29) is 40.6 Å². The number of carbonyl (C=O) groups is 1. The maximum Gasteiger partial charge on any atom is 0.260 e. The zero-order valence-electron chi connectivity index (χ0n) is 18.1. The second-order valence-electron chi connectivity index (χ2n) is 7.59. The lowest BCUT2D eigenvalue weighted by atomic mass is 9.97. The van der Waals surface area contributed by atoms with Crippen LogP contribution in [0.3, 0.4) is 0 Å². The molecule has 1 aliphatic rings. The summed E-state index contributed by atoms with van der Waals surface area (Å²) in [5, 5.41) is 4.79. The average molecular weight is 500 g/mol. The second kappa shape index (κ2) is 11.1. The summed E-state index contributed by atoms with van der Waals surface area (Å²) in [5.41, 5.74) is 3.47. The number of ether oxygens (including phenoxy) is 2. The molecular weight excluding hydrogens is 475 g/mol. The number of benzene rings is 1. The highest BCUT2D eigenvalue weighted by Crippen LogP contribution is 2.30. The Morgan fingerprint density at radius 1 is 1.19 bits per heavy atom. The van der Waals surface area contributed by atoms with Gasteiger partial charge in [-0.2, -0.15) is 5.10 Å². The van der Waals surface area contributed by atoms with Crippen LogP contribution in [-0.4, -0.2) is 47.8 Å². The fraction of sp³-hybridized carbons (Fsp3) is 0.409. The van der Waals surface area contributed by atoms with E-state index in [9.17, 15) is 4.79 Å². The standard InChI is InChI=1S/C22H25Cl3N4O3/c1-13-5-4-6-14(2)29(13)20(30)12-32-18-8-7-15(9-19(18)31-3)11-26-28-22-17(24)10-16(23)21(25)27-22/h7-11,13-14H,4-6,12H2,1-3H3,(H,27,28). The molecule has 0 saturated carbocycles. The number of carbonyl (C=O) groups excluding carboxylic acids is 1. The SMILES string of the molecule is COc1cc(C=NNc2nc(Cl)c(Cl)cc2Cl)ccc1OCC(=O)N1C(C)CCCC1C. The average Bonchev–Trinajstić information content (AvgIpc) is 2.76. The number of nitrogens with zero attached hydrogens (tertiary/aromatic N) is 3. The number of piperidine rings is 1. The van der Waals surface area contributed by atoms with Crippen molar-refractivity contribution in [2.24, 2.45) is 5.10 Å². The van der Waals surface area contributed by atoms with Crippen LogP contribution < -0.4 is 14.9 Å². The van der Waals surface area contributed by atoms with Crippen LogP contribution in [0.2, 0.25) is 15.2 Å². The minimum Gasteiger partial charge on any atom is -0.493 e. The Morgan fingerprint density at radius 3 is 2.59 bits per heavy atom. The molecule has 1 fully saturated rings. The van der Waals surface area contributed by atoms with Gasteiger partial charge in [0, 0.05) is 12.1 Å². The summed E-state index contributed by atoms with van der Waals surface area (Å²) >= 11 is 17.9. The van der Waals surface area contributed by atoms with E-state index in [4.69, 9.17) is 44.3 Å².